The Hall–Kier alpha value is -2.04. The summed E-state index contributed by atoms with van der Waals surface area (Å²) in [4.78, 5) is 24.4. The van der Waals surface area contributed by atoms with Crippen LogP contribution in [0.1, 0.15) is 18.9 Å². The summed E-state index contributed by atoms with van der Waals surface area (Å²) in [7, 11) is 0. The Morgan fingerprint density at radius 3 is 2.82 bits per heavy atom. The molecule has 1 fully saturated rings. The highest BCUT2D eigenvalue weighted by Crippen LogP contribution is 2.25. The van der Waals surface area contributed by atoms with Crippen LogP contribution in [0.25, 0.3) is 0 Å². The van der Waals surface area contributed by atoms with Crippen molar-refractivity contribution in [1.29, 1.82) is 0 Å². The minimum atomic E-state index is -0.374. The summed E-state index contributed by atoms with van der Waals surface area (Å²) >= 11 is 0. The normalized spacial score (nSPS) is 15.9. The molecule has 0 atom stereocenters. The van der Waals surface area contributed by atoms with Gasteiger partial charge in [-0.15, -0.1) is 0 Å². The first-order valence-corrected chi connectivity index (χ1v) is 5.61. The van der Waals surface area contributed by atoms with E-state index in [0.717, 1.165) is 17.7 Å². The average molecular weight is 233 g/mol. The van der Waals surface area contributed by atoms with Crippen LogP contribution in [0.2, 0.25) is 0 Å². The summed E-state index contributed by atoms with van der Waals surface area (Å²) in [5.41, 5.74) is 8.18. The van der Waals surface area contributed by atoms with Crippen LogP contribution in [0.4, 0.5) is 16.2 Å². The molecule has 1 aliphatic heterocycles. The van der Waals surface area contributed by atoms with Crippen molar-refractivity contribution in [1.82, 2.24) is 5.32 Å². The third kappa shape index (κ3) is 2.22. The number of aryl methyl sites for hydroxylation is 1. The van der Waals surface area contributed by atoms with E-state index in [2.05, 4.69) is 5.32 Å². The highest BCUT2D eigenvalue weighted by atomic mass is 16.2. The van der Waals surface area contributed by atoms with Crippen molar-refractivity contribution in [2.45, 2.75) is 19.8 Å². The summed E-state index contributed by atoms with van der Waals surface area (Å²) in [6.07, 6.45) is 1.14. The largest absolute Gasteiger partial charge is 0.399 e. The van der Waals surface area contributed by atoms with Crippen LogP contribution in [0.5, 0.6) is 0 Å². The third-order valence-corrected chi connectivity index (χ3v) is 2.84. The van der Waals surface area contributed by atoms with Crippen molar-refractivity contribution < 1.29 is 9.59 Å². The Morgan fingerprint density at radius 1 is 1.41 bits per heavy atom. The zero-order valence-corrected chi connectivity index (χ0v) is 9.69. The van der Waals surface area contributed by atoms with E-state index in [1.165, 1.54) is 0 Å². The lowest BCUT2D eigenvalue weighted by Crippen LogP contribution is -2.49. The molecule has 0 aliphatic carbocycles. The second kappa shape index (κ2) is 4.45. The van der Waals surface area contributed by atoms with Crippen LogP contribution in [-0.4, -0.2) is 18.5 Å². The Balaban J connectivity index is 2.35. The standard InChI is InChI=1S/C12H15N3O2/c1-2-8-3-4-9(13)7-10(8)15-6-5-11(16)14-12(15)17/h3-4,7H,2,5-6,13H2,1H3,(H,14,16,17). The average Bonchev–Trinajstić information content (AvgIpc) is 2.29. The summed E-state index contributed by atoms with van der Waals surface area (Å²) in [5, 5.41) is 2.31. The molecule has 1 aromatic rings. The molecule has 2 rings (SSSR count). The molecule has 0 unspecified atom stereocenters. The summed E-state index contributed by atoms with van der Waals surface area (Å²) < 4.78 is 0. The van der Waals surface area contributed by atoms with Crippen molar-refractivity contribution >= 4 is 23.3 Å². The van der Waals surface area contributed by atoms with Crippen LogP contribution in [0.15, 0.2) is 18.2 Å². The maximum atomic E-state index is 11.7. The van der Waals surface area contributed by atoms with E-state index in [1.54, 1.807) is 11.0 Å². The molecule has 5 heteroatoms. The number of hydrogen-bond acceptors (Lipinski definition) is 3. The number of amides is 3. The molecule has 3 amide bonds. The molecule has 5 nitrogen and oxygen atoms in total. The van der Waals surface area contributed by atoms with Crippen LogP contribution in [-0.2, 0) is 11.2 Å². The number of nitrogens with zero attached hydrogens (tertiary/aromatic N) is 1. The molecule has 0 bridgehead atoms. The number of urea groups is 1. The fourth-order valence-electron chi connectivity index (χ4n) is 1.93. The molecule has 1 heterocycles. The lowest BCUT2D eigenvalue weighted by molar-refractivity contribution is -0.120. The number of imide groups is 1. The topological polar surface area (TPSA) is 75.4 Å². The number of nitrogen functional groups attached to an aromatic ring is 1. The summed E-state index contributed by atoms with van der Waals surface area (Å²) in [6, 6.07) is 5.12. The van der Waals surface area contributed by atoms with Crippen molar-refractivity contribution in [3.05, 3.63) is 23.8 Å². The molecule has 1 aliphatic rings. The van der Waals surface area contributed by atoms with Crippen molar-refractivity contribution in [3.8, 4) is 0 Å². The second-order valence-corrected chi connectivity index (χ2v) is 4.00. The maximum Gasteiger partial charge on any atom is 0.328 e. The smallest absolute Gasteiger partial charge is 0.328 e. The molecule has 90 valence electrons. The Morgan fingerprint density at radius 2 is 2.18 bits per heavy atom. The number of benzene rings is 1. The van der Waals surface area contributed by atoms with Gasteiger partial charge in [0.2, 0.25) is 5.91 Å². The number of hydrogen-bond donors (Lipinski definition) is 2. The van der Waals surface area contributed by atoms with E-state index < -0.39 is 0 Å². The van der Waals surface area contributed by atoms with Gasteiger partial charge in [0.25, 0.3) is 0 Å². The molecule has 17 heavy (non-hydrogen) atoms. The zero-order valence-electron chi connectivity index (χ0n) is 9.69. The van der Waals surface area contributed by atoms with E-state index in [-0.39, 0.29) is 11.9 Å². The number of nitrogens with one attached hydrogen (secondary N) is 1. The lowest BCUT2D eigenvalue weighted by Gasteiger charge is -2.28. The van der Waals surface area contributed by atoms with Crippen LogP contribution < -0.4 is 16.0 Å². The second-order valence-electron chi connectivity index (χ2n) is 4.00. The van der Waals surface area contributed by atoms with Crippen LogP contribution in [0, 0.1) is 0 Å². The monoisotopic (exact) mass is 233 g/mol. The Kier molecular flexibility index (Phi) is 2.99. The van der Waals surface area contributed by atoms with Gasteiger partial charge in [0.05, 0.1) is 5.69 Å². The minimum absolute atomic E-state index is 0.229. The molecule has 0 spiro atoms. The van der Waals surface area contributed by atoms with E-state index in [9.17, 15) is 9.59 Å². The first-order chi connectivity index (χ1) is 8.11. The maximum absolute atomic E-state index is 11.7. The van der Waals surface area contributed by atoms with Gasteiger partial charge in [-0.05, 0) is 24.1 Å². The van der Waals surface area contributed by atoms with Crippen molar-refractivity contribution in [2.75, 3.05) is 17.2 Å². The van der Waals surface area contributed by atoms with Gasteiger partial charge < -0.3 is 5.73 Å². The summed E-state index contributed by atoms with van der Waals surface area (Å²) in [5.74, 6) is -0.229. The predicted molar refractivity (Wildman–Crippen MR) is 65.7 cm³/mol. The number of nitrogens with two attached hydrogens (primary N) is 1. The molecule has 1 saturated heterocycles. The summed E-state index contributed by atoms with van der Waals surface area (Å²) in [6.45, 7) is 2.42. The fraction of sp³-hybridized carbons (Fsp3) is 0.333. The number of anilines is 2. The van der Waals surface area contributed by atoms with Crippen LogP contribution in [0.3, 0.4) is 0 Å². The molecule has 1 aromatic carbocycles. The highest BCUT2D eigenvalue weighted by Gasteiger charge is 2.25. The van der Waals surface area contributed by atoms with E-state index >= 15 is 0 Å². The van der Waals surface area contributed by atoms with Gasteiger partial charge >= 0.3 is 6.03 Å². The zero-order chi connectivity index (χ0) is 12.4. The van der Waals surface area contributed by atoms with E-state index in [0.29, 0.717) is 18.7 Å². The molecular weight excluding hydrogens is 218 g/mol. The first kappa shape index (κ1) is 11.4. The molecule has 0 saturated carbocycles. The fourth-order valence-corrected chi connectivity index (χ4v) is 1.93. The first-order valence-electron chi connectivity index (χ1n) is 5.61. The van der Waals surface area contributed by atoms with E-state index in [1.807, 2.05) is 19.1 Å². The van der Waals surface area contributed by atoms with E-state index in [4.69, 9.17) is 5.73 Å². The van der Waals surface area contributed by atoms with Gasteiger partial charge in [0, 0.05) is 18.7 Å². The molecule has 3 N–H and O–H groups in total. The van der Waals surface area contributed by atoms with Crippen molar-refractivity contribution in [2.24, 2.45) is 0 Å². The van der Waals surface area contributed by atoms with Gasteiger partial charge in [-0.1, -0.05) is 13.0 Å². The quantitative estimate of drug-likeness (QED) is 0.755. The van der Waals surface area contributed by atoms with Crippen LogP contribution >= 0.6 is 0 Å². The number of carbonyl (C=O) groups excluding carboxylic acids is 2. The van der Waals surface area contributed by atoms with Gasteiger partial charge in [-0.3, -0.25) is 15.0 Å². The SMILES string of the molecule is CCc1ccc(N)cc1N1CCC(=O)NC1=O. The molecule has 0 radical (unpaired) electrons. The van der Waals surface area contributed by atoms with Gasteiger partial charge in [-0.25, -0.2) is 4.79 Å². The van der Waals surface area contributed by atoms with Gasteiger partial charge in [0.15, 0.2) is 0 Å². The Bertz CT molecular complexity index is 471. The number of carbonyl (C=O) groups is 2. The Labute approximate surface area is 99.6 Å². The van der Waals surface area contributed by atoms with Gasteiger partial charge in [0.1, 0.15) is 0 Å². The minimum Gasteiger partial charge on any atom is -0.399 e. The van der Waals surface area contributed by atoms with Crippen molar-refractivity contribution in [3.63, 3.8) is 0 Å². The molecular formula is C12H15N3O2. The lowest BCUT2D eigenvalue weighted by atomic mass is 10.1. The van der Waals surface area contributed by atoms with Gasteiger partial charge in [-0.2, -0.15) is 0 Å². The molecule has 0 aromatic heterocycles. The predicted octanol–water partition coefficient (Wildman–Crippen LogP) is 1.28. The third-order valence-electron chi connectivity index (χ3n) is 2.84. The number of rotatable bonds is 2. The highest BCUT2D eigenvalue weighted by molar-refractivity contribution is 6.06.